The summed E-state index contributed by atoms with van der Waals surface area (Å²) in [6, 6.07) is 19.8. The Morgan fingerprint density at radius 3 is 2.58 bits per heavy atom. The van der Waals surface area contributed by atoms with Crippen LogP contribution in [0.2, 0.25) is 0 Å². The molecule has 0 fully saturated rings. The number of nitrogens with zero attached hydrogens (tertiary/aromatic N) is 3. The van der Waals surface area contributed by atoms with Crippen molar-refractivity contribution in [3.63, 3.8) is 0 Å². The van der Waals surface area contributed by atoms with Crippen molar-refractivity contribution in [1.82, 2.24) is 20.3 Å². The molecule has 1 N–H and O–H groups in total. The van der Waals surface area contributed by atoms with E-state index in [1.165, 1.54) is 0 Å². The molecular formula is C19H14N4O. The van der Waals surface area contributed by atoms with Gasteiger partial charge in [0.05, 0.1) is 5.69 Å². The van der Waals surface area contributed by atoms with E-state index in [4.69, 9.17) is 4.52 Å². The summed E-state index contributed by atoms with van der Waals surface area (Å²) in [4.78, 5) is 4.43. The normalized spacial score (nSPS) is 11.2. The lowest BCUT2D eigenvalue weighted by molar-refractivity contribution is 0.411. The summed E-state index contributed by atoms with van der Waals surface area (Å²) in [7, 11) is 0. The first-order chi connectivity index (χ1) is 11.9. The second-order valence-electron chi connectivity index (χ2n) is 5.25. The fraction of sp³-hybridized carbons (Fsp3) is 0. The highest BCUT2D eigenvalue weighted by atomic mass is 16.5. The summed E-state index contributed by atoms with van der Waals surface area (Å²) in [6.07, 6.45) is 5.48. The predicted octanol–water partition coefficient (Wildman–Crippen LogP) is 4.30. The molecule has 2 heterocycles. The summed E-state index contributed by atoms with van der Waals surface area (Å²) in [5.74, 6) is 1.03. The van der Waals surface area contributed by atoms with Crippen molar-refractivity contribution in [3.8, 4) is 22.6 Å². The molecule has 116 valence electrons. The maximum absolute atomic E-state index is 5.30. The van der Waals surface area contributed by atoms with Gasteiger partial charge in [-0.05, 0) is 23.8 Å². The van der Waals surface area contributed by atoms with E-state index < -0.39 is 0 Å². The Hall–Kier alpha value is -3.47. The number of aromatic amines is 1. The van der Waals surface area contributed by atoms with Gasteiger partial charge in [0.1, 0.15) is 0 Å². The molecule has 4 aromatic rings. The number of nitrogens with one attached hydrogen (secondary N) is 1. The molecule has 4 rings (SSSR count). The van der Waals surface area contributed by atoms with Crippen molar-refractivity contribution in [1.29, 1.82) is 0 Å². The van der Waals surface area contributed by atoms with Gasteiger partial charge in [0.15, 0.2) is 0 Å². The third-order valence-electron chi connectivity index (χ3n) is 3.59. The molecule has 0 saturated heterocycles. The summed E-state index contributed by atoms with van der Waals surface area (Å²) in [6.45, 7) is 0. The number of hydrogen-bond acceptors (Lipinski definition) is 4. The van der Waals surface area contributed by atoms with E-state index in [-0.39, 0.29) is 0 Å². The molecule has 0 unspecified atom stereocenters. The van der Waals surface area contributed by atoms with Crippen LogP contribution in [-0.2, 0) is 0 Å². The van der Waals surface area contributed by atoms with Crippen LogP contribution in [0.25, 0.3) is 34.8 Å². The predicted molar refractivity (Wildman–Crippen MR) is 92.7 cm³/mol. The highest BCUT2D eigenvalue weighted by Gasteiger charge is 2.08. The first-order valence-electron chi connectivity index (χ1n) is 7.55. The van der Waals surface area contributed by atoms with Crippen LogP contribution in [0.5, 0.6) is 0 Å². The van der Waals surface area contributed by atoms with Crippen molar-refractivity contribution in [2.75, 3.05) is 0 Å². The minimum Gasteiger partial charge on any atom is -0.334 e. The largest absolute Gasteiger partial charge is 0.334 e. The van der Waals surface area contributed by atoms with Gasteiger partial charge in [-0.3, -0.25) is 5.10 Å². The van der Waals surface area contributed by atoms with E-state index >= 15 is 0 Å². The second kappa shape index (κ2) is 6.34. The molecule has 0 radical (unpaired) electrons. The monoisotopic (exact) mass is 314 g/mol. The molecule has 5 heteroatoms. The van der Waals surface area contributed by atoms with Crippen molar-refractivity contribution < 1.29 is 4.52 Å². The van der Waals surface area contributed by atoms with Gasteiger partial charge in [0.2, 0.25) is 5.82 Å². The van der Waals surface area contributed by atoms with Crippen LogP contribution in [0.1, 0.15) is 11.5 Å². The molecule has 0 spiro atoms. The lowest BCUT2D eigenvalue weighted by Crippen LogP contribution is -1.83. The topological polar surface area (TPSA) is 67.6 Å². The molecule has 0 aliphatic rings. The van der Waals surface area contributed by atoms with Gasteiger partial charge in [-0.15, -0.1) is 0 Å². The first kappa shape index (κ1) is 14.1. The van der Waals surface area contributed by atoms with Crippen LogP contribution in [0.3, 0.4) is 0 Å². The number of aromatic nitrogens is 4. The molecular weight excluding hydrogens is 300 g/mol. The van der Waals surface area contributed by atoms with Crippen LogP contribution in [0.4, 0.5) is 0 Å². The molecule has 2 aromatic heterocycles. The van der Waals surface area contributed by atoms with Gasteiger partial charge in [0, 0.05) is 23.4 Å². The van der Waals surface area contributed by atoms with E-state index in [2.05, 4.69) is 20.3 Å². The highest BCUT2D eigenvalue weighted by molar-refractivity contribution is 5.69. The van der Waals surface area contributed by atoms with Crippen LogP contribution < -0.4 is 0 Å². The van der Waals surface area contributed by atoms with Gasteiger partial charge in [0.25, 0.3) is 5.89 Å². The quantitative estimate of drug-likeness (QED) is 0.610. The number of benzene rings is 2. The Kier molecular flexibility index (Phi) is 3.73. The van der Waals surface area contributed by atoms with Crippen molar-refractivity contribution in [3.05, 3.63) is 78.3 Å². The number of hydrogen-bond donors (Lipinski definition) is 1. The number of rotatable bonds is 4. The molecule has 0 saturated carbocycles. The Labute approximate surface area is 138 Å². The second-order valence-corrected chi connectivity index (χ2v) is 5.25. The van der Waals surface area contributed by atoms with E-state index in [1.807, 2.05) is 72.8 Å². The fourth-order valence-electron chi connectivity index (χ4n) is 2.39. The summed E-state index contributed by atoms with van der Waals surface area (Å²) >= 11 is 0. The van der Waals surface area contributed by atoms with Gasteiger partial charge in [-0.2, -0.15) is 10.1 Å². The summed E-state index contributed by atoms with van der Waals surface area (Å²) in [5.41, 5.74) is 3.95. The standard InChI is InChI=1S/C19H14N4O/c1-2-5-14(6-3-1)9-10-18-21-19(23-24-18)16-8-4-7-15(13-16)17-11-12-20-22-17/h1-13H,(H,20,22). The third-order valence-corrected chi connectivity index (χ3v) is 3.59. The smallest absolute Gasteiger partial charge is 0.250 e. The van der Waals surface area contributed by atoms with E-state index in [0.717, 1.165) is 22.4 Å². The zero-order chi connectivity index (χ0) is 16.2. The molecule has 0 aliphatic heterocycles. The zero-order valence-electron chi connectivity index (χ0n) is 12.8. The number of H-pyrrole nitrogens is 1. The molecule has 0 bridgehead atoms. The average Bonchev–Trinajstić information content (AvgIpc) is 3.33. The molecule has 5 nitrogen and oxygen atoms in total. The molecule has 2 aromatic carbocycles. The molecule has 0 amide bonds. The Bertz CT molecular complexity index is 956. The van der Waals surface area contributed by atoms with Gasteiger partial charge >= 0.3 is 0 Å². The van der Waals surface area contributed by atoms with Gasteiger partial charge in [-0.1, -0.05) is 53.7 Å². The van der Waals surface area contributed by atoms with Crippen LogP contribution in [-0.4, -0.2) is 20.3 Å². The highest BCUT2D eigenvalue weighted by Crippen LogP contribution is 2.23. The van der Waals surface area contributed by atoms with E-state index in [0.29, 0.717) is 11.7 Å². The van der Waals surface area contributed by atoms with Crippen LogP contribution in [0.15, 0.2) is 71.4 Å². The lowest BCUT2D eigenvalue weighted by Gasteiger charge is -1.99. The van der Waals surface area contributed by atoms with E-state index in [9.17, 15) is 0 Å². The van der Waals surface area contributed by atoms with Crippen molar-refractivity contribution >= 4 is 12.2 Å². The minimum atomic E-state index is 0.473. The zero-order valence-corrected chi connectivity index (χ0v) is 12.8. The average molecular weight is 314 g/mol. The van der Waals surface area contributed by atoms with E-state index in [1.54, 1.807) is 6.20 Å². The first-order valence-corrected chi connectivity index (χ1v) is 7.55. The maximum Gasteiger partial charge on any atom is 0.250 e. The fourth-order valence-corrected chi connectivity index (χ4v) is 2.39. The molecule has 0 atom stereocenters. The van der Waals surface area contributed by atoms with Crippen LogP contribution >= 0.6 is 0 Å². The third kappa shape index (κ3) is 3.01. The maximum atomic E-state index is 5.30. The molecule has 0 aliphatic carbocycles. The minimum absolute atomic E-state index is 0.473. The Morgan fingerprint density at radius 1 is 0.875 bits per heavy atom. The Morgan fingerprint density at radius 2 is 1.75 bits per heavy atom. The summed E-state index contributed by atoms with van der Waals surface area (Å²) in [5, 5.41) is 11.0. The SMILES string of the molecule is C(=Cc1nc(-c2cccc(-c3ccn[nH]3)c2)no1)c1ccccc1. The summed E-state index contributed by atoms with van der Waals surface area (Å²) < 4.78 is 5.30. The van der Waals surface area contributed by atoms with Crippen LogP contribution in [0, 0.1) is 0 Å². The van der Waals surface area contributed by atoms with Gasteiger partial charge < -0.3 is 4.52 Å². The van der Waals surface area contributed by atoms with Gasteiger partial charge in [-0.25, -0.2) is 0 Å². The Balaban J connectivity index is 1.59. The lowest BCUT2D eigenvalue weighted by atomic mass is 10.1. The molecule has 24 heavy (non-hydrogen) atoms. The van der Waals surface area contributed by atoms with Crippen molar-refractivity contribution in [2.24, 2.45) is 0 Å². The van der Waals surface area contributed by atoms with Crippen molar-refractivity contribution in [2.45, 2.75) is 0 Å².